The summed E-state index contributed by atoms with van der Waals surface area (Å²) in [5.74, 6) is -0.214. The van der Waals surface area contributed by atoms with Gasteiger partial charge in [-0.3, -0.25) is 10.1 Å². The summed E-state index contributed by atoms with van der Waals surface area (Å²) < 4.78 is 25.5. The van der Waals surface area contributed by atoms with E-state index in [-0.39, 0.29) is 17.9 Å². The van der Waals surface area contributed by atoms with Crippen molar-refractivity contribution in [2.75, 3.05) is 17.1 Å². The second kappa shape index (κ2) is 6.19. The number of aromatic nitrogens is 1. The van der Waals surface area contributed by atoms with Crippen molar-refractivity contribution in [3.05, 3.63) is 51.5 Å². The normalized spacial score (nSPS) is 11.3. The van der Waals surface area contributed by atoms with Gasteiger partial charge >= 0.3 is 0 Å². The molecule has 0 radical (unpaired) electrons. The SMILES string of the molecule is CN(c1nccs1)S(=O)(=O)CCc1ccccc1[N+](=O)[O-]. The Balaban J connectivity index is 2.14. The fourth-order valence-corrected chi connectivity index (χ4v) is 3.79. The molecule has 2 aromatic rings. The van der Waals surface area contributed by atoms with Crippen LogP contribution >= 0.6 is 11.3 Å². The number of nitrogens with zero attached hydrogens (tertiary/aromatic N) is 3. The second-order valence-electron chi connectivity index (χ2n) is 4.23. The highest BCUT2D eigenvalue weighted by molar-refractivity contribution is 7.92. The first-order valence-corrected chi connectivity index (χ1v) is 8.49. The first-order valence-electron chi connectivity index (χ1n) is 6.00. The van der Waals surface area contributed by atoms with Gasteiger partial charge in [-0.25, -0.2) is 17.7 Å². The number of benzene rings is 1. The van der Waals surface area contributed by atoms with Crippen LogP contribution in [0.3, 0.4) is 0 Å². The summed E-state index contributed by atoms with van der Waals surface area (Å²) in [6.45, 7) is 0. The molecule has 0 atom stereocenters. The zero-order chi connectivity index (χ0) is 15.5. The van der Waals surface area contributed by atoms with Gasteiger partial charge in [0, 0.05) is 30.3 Å². The number of aryl methyl sites for hydroxylation is 1. The first-order chi connectivity index (χ1) is 9.92. The molecule has 7 nitrogen and oxygen atoms in total. The number of para-hydroxylation sites is 1. The second-order valence-corrected chi connectivity index (χ2v) is 7.23. The molecule has 0 fully saturated rings. The van der Waals surface area contributed by atoms with E-state index in [2.05, 4.69) is 4.98 Å². The van der Waals surface area contributed by atoms with Crippen LogP contribution in [-0.2, 0) is 16.4 Å². The number of nitro benzene ring substituents is 1. The van der Waals surface area contributed by atoms with Crippen LogP contribution in [0, 0.1) is 10.1 Å². The van der Waals surface area contributed by atoms with Crippen LogP contribution in [0.2, 0.25) is 0 Å². The highest BCUT2D eigenvalue weighted by Crippen LogP contribution is 2.22. The summed E-state index contributed by atoms with van der Waals surface area (Å²) in [7, 11) is -2.14. The van der Waals surface area contributed by atoms with Crippen LogP contribution in [0.1, 0.15) is 5.56 Å². The van der Waals surface area contributed by atoms with Gasteiger partial charge in [-0.1, -0.05) is 18.2 Å². The van der Waals surface area contributed by atoms with Crippen LogP contribution in [0.4, 0.5) is 10.8 Å². The fourth-order valence-electron chi connectivity index (χ4n) is 1.77. The molecule has 112 valence electrons. The molecule has 1 heterocycles. The maximum Gasteiger partial charge on any atom is 0.272 e. The predicted octanol–water partition coefficient (Wildman–Crippen LogP) is 2.06. The third kappa shape index (κ3) is 3.56. The summed E-state index contributed by atoms with van der Waals surface area (Å²) in [5.41, 5.74) is 0.336. The van der Waals surface area contributed by atoms with Crippen molar-refractivity contribution in [2.45, 2.75) is 6.42 Å². The summed E-state index contributed by atoms with van der Waals surface area (Å²) in [4.78, 5) is 14.3. The van der Waals surface area contributed by atoms with Crippen LogP contribution < -0.4 is 4.31 Å². The molecule has 0 unspecified atom stereocenters. The van der Waals surface area contributed by atoms with E-state index in [1.165, 1.54) is 30.6 Å². The van der Waals surface area contributed by atoms with Crippen molar-refractivity contribution in [1.29, 1.82) is 0 Å². The molecule has 0 bridgehead atoms. The Bertz CT molecular complexity index is 729. The van der Waals surface area contributed by atoms with Crippen LogP contribution in [0.15, 0.2) is 35.8 Å². The molecular formula is C12H13N3O4S2. The number of hydrogen-bond acceptors (Lipinski definition) is 6. The lowest BCUT2D eigenvalue weighted by molar-refractivity contribution is -0.385. The molecule has 1 aromatic heterocycles. The Morgan fingerprint density at radius 1 is 1.38 bits per heavy atom. The molecular weight excluding hydrogens is 314 g/mol. The Morgan fingerprint density at radius 3 is 2.71 bits per heavy atom. The molecule has 0 N–H and O–H groups in total. The molecule has 0 aliphatic carbocycles. The van der Waals surface area contributed by atoms with E-state index in [1.54, 1.807) is 23.6 Å². The van der Waals surface area contributed by atoms with E-state index in [0.717, 1.165) is 4.31 Å². The lowest BCUT2D eigenvalue weighted by Gasteiger charge is -2.16. The highest BCUT2D eigenvalue weighted by atomic mass is 32.2. The summed E-state index contributed by atoms with van der Waals surface area (Å²) >= 11 is 1.22. The van der Waals surface area contributed by atoms with E-state index in [1.807, 2.05) is 0 Å². The van der Waals surface area contributed by atoms with Gasteiger partial charge in [-0.2, -0.15) is 0 Å². The minimum Gasteiger partial charge on any atom is -0.258 e. The minimum absolute atomic E-state index is 0.0652. The van der Waals surface area contributed by atoms with Gasteiger partial charge in [0.25, 0.3) is 5.69 Å². The number of rotatable bonds is 6. The number of nitro groups is 1. The Labute approximate surface area is 126 Å². The van der Waals surface area contributed by atoms with Gasteiger partial charge in [0.1, 0.15) is 0 Å². The van der Waals surface area contributed by atoms with Crippen LogP contribution in [0.5, 0.6) is 0 Å². The molecule has 0 aliphatic heterocycles. The molecule has 0 amide bonds. The summed E-state index contributed by atoms with van der Waals surface area (Å²) in [5, 5.41) is 13.0. The van der Waals surface area contributed by atoms with E-state index in [0.29, 0.717) is 10.7 Å². The lowest BCUT2D eigenvalue weighted by Crippen LogP contribution is -2.29. The number of sulfonamides is 1. The molecule has 0 aliphatic rings. The van der Waals surface area contributed by atoms with Crippen molar-refractivity contribution >= 4 is 32.2 Å². The van der Waals surface area contributed by atoms with E-state index in [4.69, 9.17) is 0 Å². The molecule has 21 heavy (non-hydrogen) atoms. The number of hydrogen-bond donors (Lipinski definition) is 0. The summed E-state index contributed by atoms with van der Waals surface area (Å²) in [6, 6.07) is 6.14. The average molecular weight is 327 g/mol. The maximum absolute atomic E-state index is 12.2. The zero-order valence-corrected chi connectivity index (χ0v) is 12.8. The van der Waals surface area contributed by atoms with Gasteiger partial charge < -0.3 is 0 Å². The van der Waals surface area contributed by atoms with E-state index < -0.39 is 14.9 Å². The minimum atomic E-state index is -3.57. The van der Waals surface area contributed by atoms with Gasteiger partial charge in [0.15, 0.2) is 5.13 Å². The third-order valence-corrected chi connectivity index (χ3v) is 5.61. The first kappa shape index (κ1) is 15.4. The topological polar surface area (TPSA) is 93.4 Å². The quantitative estimate of drug-likeness (QED) is 0.598. The highest BCUT2D eigenvalue weighted by Gasteiger charge is 2.22. The van der Waals surface area contributed by atoms with E-state index in [9.17, 15) is 18.5 Å². The monoisotopic (exact) mass is 327 g/mol. The standard InChI is InChI=1S/C12H13N3O4S2/c1-14(12-13-7-8-20-12)21(18,19)9-6-10-4-2-3-5-11(10)15(16)17/h2-5,7-8H,6,9H2,1H3. The van der Waals surface area contributed by atoms with Crippen molar-refractivity contribution in [1.82, 2.24) is 4.98 Å². The average Bonchev–Trinajstić information content (AvgIpc) is 2.98. The van der Waals surface area contributed by atoms with Crippen LogP contribution in [-0.4, -0.2) is 31.1 Å². The largest absolute Gasteiger partial charge is 0.272 e. The molecule has 0 saturated carbocycles. The third-order valence-electron chi connectivity index (χ3n) is 2.92. The number of anilines is 1. The van der Waals surface area contributed by atoms with Gasteiger partial charge in [0.2, 0.25) is 10.0 Å². The van der Waals surface area contributed by atoms with Crippen molar-refractivity contribution in [3.63, 3.8) is 0 Å². The fraction of sp³-hybridized carbons (Fsp3) is 0.250. The zero-order valence-electron chi connectivity index (χ0n) is 11.2. The van der Waals surface area contributed by atoms with Crippen molar-refractivity contribution in [2.24, 2.45) is 0 Å². The summed E-state index contributed by atoms with van der Waals surface area (Å²) in [6.07, 6.45) is 1.60. The van der Waals surface area contributed by atoms with Crippen molar-refractivity contribution < 1.29 is 13.3 Å². The smallest absolute Gasteiger partial charge is 0.258 e. The predicted molar refractivity (Wildman–Crippen MR) is 81.1 cm³/mol. The molecule has 0 saturated heterocycles. The van der Waals surface area contributed by atoms with Crippen LogP contribution in [0.25, 0.3) is 0 Å². The maximum atomic E-state index is 12.2. The van der Waals surface area contributed by atoms with Gasteiger partial charge in [-0.15, -0.1) is 11.3 Å². The Kier molecular flexibility index (Phi) is 4.53. The molecule has 2 rings (SSSR count). The molecule has 1 aromatic carbocycles. The molecule has 0 spiro atoms. The lowest BCUT2D eigenvalue weighted by atomic mass is 10.1. The Hall–Kier alpha value is -2.00. The number of thiazole rings is 1. The Morgan fingerprint density at radius 2 is 2.10 bits per heavy atom. The van der Waals surface area contributed by atoms with Gasteiger partial charge in [-0.05, 0) is 6.42 Å². The van der Waals surface area contributed by atoms with Gasteiger partial charge in [0.05, 0.1) is 10.7 Å². The van der Waals surface area contributed by atoms with Crippen molar-refractivity contribution in [3.8, 4) is 0 Å². The van der Waals surface area contributed by atoms with E-state index >= 15 is 0 Å². The molecule has 9 heteroatoms.